The molecule has 26 heavy (non-hydrogen) atoms. The van der Waals surface area contributed by atoms with Crippen LogP contribution in [0.15, 0.2) is 63.8 Å². The van der Waals surface area contributed by atoms with E-state index in [0.717, 1.165) is 11.1 Å². The molecule has 0 aliphatic carbocycles. The molecule has 0 amide bonds. The number of aryl methyl sites for hydroxylation is 1. The Morgan fingerprint density at radius 2 is 1.92 bits per heavy atom. The maximum absolute atomic E-state index is 11.9. The molecular weight excluding hydrogens is 332 g/mol. The van der Waals surface area contributed by atoms with Gasteiger partial charge in [0.05, 0.1) is 0 Å². The standard InChI is InChI=1S/C21H18O5/c1-2-15-10-17-16(11-21(24)26-19(17)12-18(15)22)13-25-20(23)9-8-14-6-4-3-5-7-14/h3-12,22H,2,13H2,1H3/b9-8+. The van der Waals surface area contributed by atoms with Gasteiger partial charge in [-0.15, -0.1) is 0 Å². The zero-order valence-electron chi connectivity index (χ0n) is 14.3. The molecule has 1 aromatic heterocycles. The second-order valence-corrected chi connectivity index (χ2v) is 5.77. The van der Waals surface area contributed by atoms with Gasteiger partial charge in [-0.05, 0) is 29.7 Å². The van der Waals surface area contributed by atoms with Crippen LogP contribution in [-0.2, 0) is 22.6 Å². The first-order chi connectivity index (χ1) is 12.6. The predicted octanol–water partition coefficient (Wildman–Crippen LogP) is 3.82. The van der Waals surface area contributed by atoms with Crippen LogP contribution in [0.5, 0.6) is 5.75 Å². The molecule has 0 fully saturated rings. The molecule has 0 bridgehead atoms. The first-order valence-electron chi connectivity index (χ1n) is 8.25. The number of hydrogen-bond donors (Lipinski definition) is 1. The van der Waals surface area contributed by atoms with Crippen molar-refractivity contribution in [2.45, 2.75) is 20.0 Å². The van der Waals surface area contributed by atoms with E-state index < -0.39 is 11.6 Å². The maximum Gasteiger partial charge on any atom is 0.336 e. The molecule has 0 saturated carbocycles. The number of aromatic hydroxyl groups is 1. The molecule has 0 radical (unpaired) electrons. The van der Waals surface area contributed by atoms with Crippen molar-refractivity contribution in [1.82, 2.24) is 0 Å². The number of benzene rings is 2. The summed E-state index contributed by atoms with van der Waals surface area (Å²) in [5.41, 5.74) is 1.85. The number of esters is 1. The van der Waals surface area contributed by atoms with Crippen LogP contribution in [0.1, 0.15) is 23.6 Å². The lowest BCUT2D eigenvalue weighted by Gasteiger charge is -2.08. The second-order valence-electron chi connectivity index (χ2n) is 5.77. The van der Waals surface area contributed by atoms with Crippen LogP contribution in [0.3, 0.4) is 0 Å². The lowest BCUT2D eigenvalue weighted by atomic mass is 10.0. The van der Waals surface area contributed by atoms with E-state index in [2.05, 4.69) is 0 Å². The molecule has 1 heterocycles. The highest BCUT2D eigenvalue weighted by molar-refractivity contribution is 5.87. The minimum Gasteiger partial charge on any atom is -0.508 e. The first-order valence-corrected chi connectivity index (χ1v) is 8.25. The van der Waals surface area contributed by atoms with E-state index in [-0.39, 0.29) is 17.9 Å². The Labute approximate surface area is 150 Å². The number of fused-ring (bicyclic) bond motifs is 1. The number of rotatable bonds is 5. The van der Waals surface area contributed by atoms with Crippen LogP contribution in [0.2, 0.25) is 0 Å². The molecule has 3 aromatic rings. The highest BCUT2D eigenvalue weighted by Crippen LogP contribution is 2.27. The molecule has 0 aliphatic heterocycles. The van der Waals surface area contributed by atoms with Crippen molar-refractivity contribution < 1.29 is 19.1 Å². The third-order valence-corrected chi connectivity index (χ3v) is 3.99. The highest BCUT2D eigenvalue weighted by Gasteiger charge is 2.11. The summed E-state index contributed by atoms with van der Waals surface area (Å²) in [6.45, 7) is 1.85. The molecule has 132 valence electrons. The van der Waals surface area contributed by atoms with Crippen molar-refractivity contribution in [1.29, 1.82) is 0 Å². The van der Waals surface area contributed by atoms with Gasteiger partial charge in [0.15, 0.2) is 0 Å². The van der Waals surface area contributed by atoms with Gasteiger partial charge in [-0.1, -0.05) is 37.3 Å². The number of phenols is 1. The number of carbonyl (C=O) groups excluding carboxylic acids is 1. The molecule has 3 rings (SSSR count). The summed E-state index contributed by atoms with van der Waals surface area (Å²) in [5, 5.41) is 10.6. The molecule has 0 spiro atoms. The molecule has 0 aliphatic rings. The number of ether oxygens (including phenoxy) is 1. The Bertz CT molecular complexity index is 1020. The molecule has 1 N–H and O–H groups in total. The topological polar surface area (TPSA) is 76.7 Å². The average Bonchev–Trinajstić information content (AvgIpc) is 2.64. The first kappa shape index (κ1) is 17.5. The Hall–Kier alpha value is -3.34. The minimum absolute atomic E-state index is 0.0615. The number of phenolic OH excluding ortho intramolecular Hbond substituents is 1. The van der Waals surface area contributed by atoms with Crippen LogP contribution in [0, 0.1) is 0 Å². The zero-order chi connectivity index (χ0) is 18.5. The maximum atomic E-state index is 11.9. The normalized spacial score (nSPS) is 11.1. The zero-order valence-corrected chi connectivity index (χ0v) is 14.3. The van der Waals surface area contributed by atoms with E-state index in [4.69, 9.17) is 9.15 Å². The number of carbonyl (C=O) groups is 1. The second kappa shape index (κ2) is 7.70. The molecule has 5 heteroatoms. The third kappa shape index (κ3) is 4.00. The van der Waals surface area contributed by atoms with E-state index >= 15 is 0 Å². The third-order valence-electron chi connectivity index (χ3n) is 3.99. The minimum atomic E-state index is -0.563. The quantitative estimate of drug-likeness (QED) is 0.430. The predicted molar refractivity (Wildman–Crippen MR) is 98.8 cm³/mol. The average molecular weight is 350 g/mol. The van der Waals surface area contributed by atoms with Gasteiger partial charge in [0.1, 0.15) is 17.9 Å². The van der Waals surface area contributed by atoms with Gasteiger partial charge in [-0.25, -0.2) is 9.59 Å². The summed E-state index contributed by atoms with van der Waals surface area (Å²) >= 11 is 0. The largest absolute Gasteiger partial charge is 0.508 e. The van der Waals surface area contributed by atoms with Gasteiger partial charge >= 0.3 is 11.6 Å². The smallest absolute Gasteiger partial charge is 0.336 e. The molecule has 2 aromatic carbocycles. The number of hydrogen-bond acceptors (Lipinski definition) is 5. The van der Waals surface area contributed by atoms with Crippen molar-refractivity contribution in [3.05, 3.63) is 81.7 Å². The fourth-order valence-corrected chi connectivity index (χ4v) is 2.64. The summed E-state index contributed by atoms with van der Waals surface area (Å²) in [6, 6.07) is 13.9. The van der Waals surface area contributed by atoms with Crippen molar-refractivity contribution in [2.24, 2.45) is 0 Å². The van der Waals surface area contributed by atoms with Gasteiger partial charge in [0, 0.05) is 29.2 Å². The fourth-order valence-electron chi connectivity index (χ4n) is 2.64. The Morgan fingerprint density at radius 1 is 1.15 bits per heavy atom. The summed E-state index contributed by atoms with van der Waals surface area (Å²) in [7, 11) is 0. The van der Waals surface area contributed by atoms with Crippen LogP contribution in [-0.4, -0.2) is 11.1 Å². The van der Waals surface area contributed by atoms with Gasteiger partial charge in [0.25, 0.3) is 0 Å². The van der Waals surface area contributed by atoms with Crippen molar-refractivity contribution in [3.8, 4) is 5.75 Å². The van der Waals surface area contributed by atoms with Crippen molar-refractivity contribution in [2.75, 3.05) is 0 Å². The van der Waals surface area contributed by atoms with Crippen LogP contribution in [0.25, 0.3) is 17.0 Å². The monoisotopic (exact) mass is 350 g/mol. The molecule has 0 atom stereocenters. The Morgan fingerprint density at radius 3 is 2.65 bits per heavy atom. The highest BCUT2D eigenvalue weighted by atomic mass is 16.5. The lowest BCUT2D eigenvalue weighted by molar-refractivity contribution is -0.138. The molecule has 5 nitrogen and oxygen atoms in total. The van der Waals surface area contributed by atoms with E-state index in [1.807, 2.05) is 37.3 Å². The lowest BCUT2D eigenvalue weighted by Crippen LogP contribution is -2.06. The summed E-state index contributed by atoms with van der Waals surface area (Å²) < 4.78 is 10.4. The SMILES string of the molecule is CCc1cc2c(COC(=O)/C=C/c3ccccc3)cc(=O)oc2cc1O. The van der Waals surface area contributed by atoms with Gasteiger partial charge < -0.3 is 14.3 Å². The summed E-state index contributed by atoms with van der Waals surface area (Å²) in [4.78, 5) is 23.7. The fraction of sp³-hybridized carbons (Fsp3) is 0.143. The van der Waals surface area contributed by atoms with Crippen LogP contribution < -0.4 is 5.63 Å². The van der Waals surface area contributed by atoms with E-state index in [1.54, 1.807) is 12.1 Å². The van der Waals surface area contributed by atoms with E-state index in [9.17, 15) is 14.7 Å². The van der Waals surface area contributed by atoms with E-state index in [1.165, 1.54) is 18.2 Å². The van der Waals surface area contributed by atoms with Crippen LogP contribution in [0.4, 0.5) is 0 Å². The Kier molecular flexibility index (Phi) is 5.17. The molecule has 0 unspecified atom stereocenters. The van der Waals surface area contributed by atoms with Crippen molar-refractivity contribution >= 4 is 23.0 Å². The van der Waals surface area contributed by atoms with Gasteiger partial charge in [-0.3, -0.25) is 0 Å². The molecular formula is C21H18O5. The Balaban J connectivity index is 1.81. The van der Waals surface area contributed by atoms with Crippen LogP contribution >= 0.6 is 0 Å². The van der Waals surface area contributed by atoms with Crippen molar-refractivity contribution in [3.63, 3.8) is 0 Å². The van der Waals surface area contributed by atoms with Gasteiger partial charge in [0.2, 0.25) is 0 Å². The molecule has 0 saturated heterocycles. The van der Waals surface area contributed by atoms with E-state index in [0.29, 0.717) is 17.4 Å². The summed E-state index contributed by atoms with van der Waals surface area (Å²) in [6.07, 6.45) is 3.62. The summed E-state index contributed by atoms with van der Waals surface area (Å²) in [5.74, 6) is -0.437. The van der Waals surface area contributed by atoms with Gasteiger partial charge in [-0.2, -0.15) is 0 Å².